The van der Waals surface area contributed by atoms with Crippen LogP contribution in [-0.4, -0.2) is 54.1 Å². The summed E-state index contributed by atoms with van der Waals surface area (Å²) in [5.41, 5.74) is 0. The third-order valence-electron chi connectivity index (χ3n) is 3.53. The predicted molar refractivity (Wildman–Crippen MR) is 72.3 cm³/mol. The Morgan fingerprint density at radius 3 is 2.48 bits per heavy atom. The molecular formula is C14H23F2NO4. The zero-order chi connectivity index (χ0) is 15.7. The van der Waals surface area contributed by atoms with Gasteiger partial charge in [0.05, 0.1) is 19.3 Å². The van der Waals surface area contributed by atoms with E-state index >= 15 is 0 Å². The van der Waals surface area contributed by atoms with Crippen LogP contribution in [0.4, 0.5) is 8.78 Å². The zero-order valence-corrected chi connectivity index (χ0v) is 12.1. The fourth-order valence-electron chi connectivity index (χ4n) is 2.43. The highest BCUT2D eigenvalue weighted by atomic mass is 19.3. The quantitative estimate of drug-likeness (QED) is 0.664. The average molecular weight is 307 g/mol. The van der Waals surface area contributed by atoms with Crippen LogP contribution in [-0.2, 0) is 14.3 Å². The van der Waals surface area contributed by atoms with Crippen LogP contribution < -0.4 is 0 Å². The highest BCUT2D eigenvalue weighted by molar-refractivity contribution is 5.76. The molecule has 1 saturated heterocycles. The Kier molecular flexibility index (Phi) is 8.19. The highest BCUT2D eigenvalue weighted by Crippen LogP contribution is 2.17. The number of hydrogen-bond acceptors (Lipinski definition) is 3. The Hall–Kier alpha value is -1.24. The highest BCUT2D eigenvalue weighted by Gasteiger charge is 2.29. The summed E-state index contributed by atoms with van der Waals surface area (Å²) in [5.74, 6) is -0.920. The van der Waals surface area contributed by atoms with Gasteiger partial charge in [0.25, 0.3) is 0 Å². The Balaban J connectivity index is 2.24. The zero-order valence-electron chi connectivity index (χ0n) is 12.1. The SMILES string of the molecule is O=C(O)CCCCCCC(=O)N1CCOCC1CC(F)F. The number of aliphatic carboxylic acids is 1. The largest absolute Gasteiger partial charge is 0.481 e. The maximum absolute atomic E-state index is 12.5. The summed E-state index contributed by atoms with van der Waals surface area (Å²) in [4.78, 5) is 23.9. The molecule has 1 fully saturated rings. The molecule has 1 aliphatic rings. The van der Waals surface area contributed by atoms with Crippen molar-refractivity contribution < 1.29 is 28.2 Å². The maximum atomic E-state index is 12.5. The van der Waals surface area contributed by atoms with Gasteiger partial charge in [-0.15, -0.1) is 0 Å². The summed E-state index contributed by atoms with van der Waals surface area (Å²) < 4.78 is 30.1. The molecule has 0 aromatic carbocycles. The Morgan fingerprint density at radius 1 is 1.19 bits per heavy atom. The van der Waals surface area contributed by atoms with Crippen molar-refractivity contribution >= 4 is 11.9 Å². The molecule has 1 unspecified atom stereocenters. The monoisotopic (exact) mass is 307 g/mol. The van der Waals surface area contributed by atoms with Crippen molar-refractivity contribution in [2.75, 3.05) is 19.8 Å². The average Bonchev–Trinajstić information content (AvgIpc) is 2.42. The van der Waals surface area contributed by atoms with Crippen molar-refractivity contribution in [2.45, 2.75) is 57.4 Å². The second-order valence-corrected chi connectivity index (χ2v) is 5.25. The number of halogens is 2. The fraction of sp³-hybridized carbons (Fsp3) is 0.857. The minimum Gasteiger partial charge on any atom is -0.481 e. The number of carbonyl (C=O) groups is 2. The van der Waals surface area contributed by atoms with Gasteiger partial charge >= 0.3 is 5.97 Å². The number of amides is 1. The molecule has 0 radical (unpaired) electrons. The number of carbonyl (C=O) groups excluding carboxylic acids is 1. The maximum Gasteiger partial charge on any atom is 0.303 e. The van der Waals surface area contributed by atoms with Crippen molar-refractivity contribution in [3.8, 4) is 0 Å². The van der Waals surface area contributed by atoms with Gasteiger partial charge in [-0.25, -0.2) is 8.78 Å². The smallest absolute Gasteiger partial charge is 0.303 e. The number of carboxylic acid groups (broad SMARTS) is 1. The van der Waals surface area contributed by atoms with E-state index < -0.39 is 18.4 Å². The third-order valence-corrected chi connectivity index (χ3v) is 3.53. The number of alkyl halides is 2. The van der Waals surface area contributed by atoms with E-state index in [0.717, 1.165) is 12.8 Å². The standard InChI is InChI=1S/C14H23F2NO4/c15-12(16)9-11-10-21-8-7-17(11)13(18)5-3-1-2-4-6-14(19)20/h11-12H,1-10H2,(H,19,20). The molecule has 21 heavy (non-hydrogen) atoms. The number of ether oxygens (including phenoxy) is 1. The first-order valence-corrected chi connectivity index (χ1v) is 7.38. The lowest BCUT2D eigenvalue weighted by atomic mass is 10.1. The molecule has 1 aliphatic heterocycles. The number of unbranched alkanes of at least 4 members (excludes halogenated alkanes) is 3. The molecule has 1 N–H and O–H groups in total. The summed E-state index contributed by atoms with van der Waals surface area (Å²) in [6.45, 7) is 0.939. The van der Waals surface area contributed by atoms with E-state index in [1.54, 1.807) is 0 Å². The molecule has 1 heterocycles. The van der Waals surface area contributed by atoms with Crippen LogP contribution in [0.25, 0.3) is 0 Å². The number of nitrogens with zero attached hydrogens (tertiary/aromatic N) is 1. The Bertz CT molecular complexity index is 339. The summed E-state index contributed by atoms with van der Waals surface area (Å²) >= 11 is 0. The Morgan fingerprint density at radius 2 is 1.86 bits per heavy atom. The van der Waals surface area contributed by atoms with Crippen molar-refractivity contribution in [1.82, 2.24) is 4.90 Å². The number of rotatable bonds is 9. The lowest BCUT2D eigenvalue weighted by molar-refractivity contribution is -0.141. The molecule has 1 amide bonds. The molecule has 1 rings (SSSR count). The summed E-state index contributed by atoms with van der Waals surface area (Å²) in [6, 6.07) is -0.529. The van der Waals surface area contributed by atoms with Crippen molar-refractivity contribution in [2.24, 2.45) is 0 Å². The van der Waals surface area contributed by atoms with Gasteiger partial charge in [-0.3, -0.25) is 9.59 Å². The van der Waals surface area contributed by atoms with Crippen LogP contribution in [0.15, 0.2) is 0 Å². The number of carboxylic acids is 1. The van der Waals surface area contributed by atoms with E-state index in [4.69, 9.17) is 9.84 Å². The van der Waals surface area contributed by atoms with Crippen molar-refractivity contribution in [3.63, 3.8) is 0 Å². The van der Waals surface area contributed by atoms with E-state index in [1.165, 1.54) is 4.90 Å². The summed E-state index contributed by atoms with van der Waals surface area (Å²) in [6.07, 6.45) is 0.506. The Labute approximate surface area is 123 Å². The van der Waals surface area contributed by atoms with Crippen LogP contribution in [0.1, 0.15) is 44.9 Å². The van der Waals surface area contributed by atoms with Gasteiger partial charge in [-0.2, -0.15) is 0 Å². The van der Waals surface area contributed by atoms with Crippen LogP contribution >= 0.6 is 0 Å². The fourth-order valence-corrected chi connectivity index (χ4v) is 2.43. The van der Waals surface area contributed by atoms with Gasteiger partial charge in [-0.05, 0) is 12.8 Å². The minimum absolute atomic E-state index is 0.109. The molecule has 7 heteroatoms. The first-order chi connectivity index (χ1) is 10.0. The van der Waals surface area contributed by atoms with Gasteiger partial charge in [-0.1, -0.05) is 12.8 Å². The molecule has 0 spiro atoms. The van der Waals surface area contributed by atoms with Crippen LogP contribution in [0.2, 0.25) is 0 Å². The lowest BCUT2D eigenvalue weighted by Gasteiger charge is -2.35. The van der Waals surface area contributed by atoms with E-state index in [9.17, 15) is 18.4 Å². The molecule has 1 atom stereocenters. The molecule has 0 bridgehead atoms. The topological polar surface area (TPSA) is 66.8 Å². The van der Waals surface area contributed by atoms with Gasteiger partial charge in [0.15, 0.2) is 0 Å². The molecule has 122 valence electrons. The van der Waals surface area contributed by atoms with E-state index in [0.29, 0.717) is 32.4 Å². The molecule has 0 aromatic rings. The van der Waals surface area contributed by atoms with Crippen molar-refractivity contribution in [3.05, 3.63) is 0 Å². The first kappa shape index (κ1) is 17.8. The summed E-state index contributed by atoms with van der Waals surface area (Å²) in [5, 5.41) is 8.50. The molecule has 0 saturated carbocycles. The lowest BCUT2D eigenvalue weighted by Crippen LogP contribution is -2.49. The second-order valence-electron chi connectivity index (χ2n) is 5.25. The van der Waals surface area contributed by atoms with Gasteiger partial charge in [0.2, 0.25) is 12.3 Å². The van der Waals surface area contributed by atoms with E-state index in [2.05, 4.69) is 0 Å². The molecule has 0 aromatic heterocycles. The van der Waals surface area contributed by atoms with Crippen molar-refractivity contribution in [1.29, 1.82) is 0 Å². The molecular weight excluding hydrogens is 284 g/mol. The van der Waals surface area contributed by atoms with Gasteiger partial charge in [0, 0.05) is 25.8 Å². The van der Waals surface area contributed by atoms with Gasteiger partial charge in [0.1, 0.15) is 0 Å². The second kappa shape index (κ2) is 9.65. The molecule has 0 aliphatic carbocycles. The number of hydrogen-bond donors (Lipinski definition) is 1. The normalized spacial score (nSPS) is 19.0. The van der Waals surface area contributed by atoms with E-state index in [1.807, 2.05) is 0 Å². The molecule has 5 nitrogen and oxygen atoms in total. The predicted octanol–water partition coefficient (Wildman–Crippen LogP) is 2.29. The first-order valence-electron chi connectivity index (χ1n) is 7.38. The minimum atomic E-state index is -2.44. The van der Waals surface area contributed by atoms with Gasteiger partial charge < -0.3 is 14.7 Å². The van der Waals surface area contributed by atoms with Crippen LogP contribution in [0.5, 0.6) is 0 Å². The van der Waals surface area contributed by atoms with Crippen LogP contribution in [0, 0.1) is 0 Å². The third kappa shape index (κ3) is 7.36. The number of morpholine rings is 1. The van der Waals surface area contributed by atoms with Crippen LogP contribution in [0.3, 0.4) is 0 Å². The summed E-state index contributed by atoms with van der Waals surface area (Å²) in [7, 11) is 0. The van der Waals surface area contributed by atoms with E-state index in [-0.39, 0.29) is 25.4 Å².